The van der Waals surface area contributed by atoms with Crippen LogP contribution in [0.15, 0.2) is 48.6 Å². The second-order valence-electron chi connectivity index (χ2n) is 5.89. The molecule has 0 aliphatic carbocycles. The fourth-order valence-electron chi connectivity index (χ4n) is 2.18. The Morgan fingerprint density at radius 2 is 1.16 bits per heavy atom. The molecule has 4 nitrogen and oxygen atoms in total. The van der Waals surface area contributed by atoms with E-state index >= 15 is 0 Å². The number of hydrogen-bond acceptors (Lipinski definition) is 2. The number of carboxylic acid groups (broad SMARTS) is 2. The van der Waals surface area contributed by atoms with Gasteiger partial charge in [0.2, 0.25) is 0 Å². The van der Waals surface area contributed by atoms with Gasteiger partial charge in [0.05, 0.1) is 0 Å². The Hall–Kier alpha value is -2.10. The summed E-state index contributed by atoms with van der Waals surface area (Å²) in [7, 11) is 0. The summed E-state index contributed by atoms with van der Waals surface area (Å²) in [6, 6.07) is 0. The number of rotatable bonds is 15. The molecule has 0 spiro atoms. The van der Waals surface area contributed by atoms with E-state index < -0.39 is 17.9 Å². The lowest BCUT2D eigenvalue weighted by molar-refractivity contribution is -0.154. The molecular formula is C21H32O4. The van der Waals surface area contributed by atoms with Crippen LogP contribution in [0.3, 0.4) is 0 Å². The minimum absolute atomic E-state index is 0.125. The van der Waals surface area contributed by atoms with Gasteiger partial charge in [-0.1, -0.05) is 68.4 Å². The van der Waals surface area contributed by atoms with E-state index in [0.717, 1.165) is 19.3 Å². The Morgan fingerprint density at radius 1 is 0.720 bits per heavy atom. The maximum Gasteiger partial charge on any atom is 0.317 e. The third-order valence-electron chi connectivity index (χ3n) is 3.68. The number of unbranched alkanes of at least 4 members (excludes halogenated alkanes) is 3. The van der Waals surface area contributed by atoms with Gasteiger partial charge in [-0.3, -0.25) is 9.59 Å². The number of carbonyl (C=O) groups is 2. The first kappa shape index (κ1) is 22.9. The van der Waals surface area contributed by atoms with Gasteiger partial charge in [0.25, 0.3) is 0 Å². The Kier molecular flexibility index (Phi) is 15.3. The van der Waals surface area contributed by atoms with Crippen molar-refractivity contribution >= 4 is 11.9 Å². The molecule has 0 amide bonds. The van der Waals surface area contributed by atoms with Gasteiger partial charge in [0, 0.05) is 0 Å². The van der Waals surface area contributed by atoms with Crippen molar-refractivity contribution in [2.24, 2.45) is 5.92 Å². The SMILES string of the molecule is CCCCC/C=C\C/C=C\C/C=C\C/C=C\CCC(C(=O)O)C(=O)O. The first-order valence-corrected chi connectivity index (χ1v) is 9.15. The van der Waals surface area contributed by atoms with Gasteiger partial charge in [-0.25, -0.2) is 0 Å². The predicted molar refractivity (Wildman–Crippen MR) is 103 cm³/mol. The Labute approximate surface area is 151 Å². The third-order valence-corrected chi connectivity index (χ3v) is 3.68. The minimum atomic E-state index is -1.31. The van der Waals surface area contributed by atoms with Gasteiger partial charge in [-0.2, -0.15) is 0 Å². The second kappa shape index (κ2) is 16.7. The van der Waals surface area contributed by atoms with Crippen molar-refractivity contribution in [1.29, 1.82) is 0 Å². The van der Waals surface area contributed by atoms with E-state index in [1.54, 1.807) is 0 Å². The highest BCUT2D eigenvalue weighted by atomic mass is 16.4. The number of aliphatic carboxylic acids is 2. The fraction of sp³-hybridized carbons (Fsp3) is 0.524. The van der Waals surface area contributed by atoms with E-state index in [4.69, 9.17) is 10.2 Å². The lowest BCUT2D eigenvalue weighted by atomic mass is 10.0. The molecule has 0 unspecified atom stereocenters. The van der Waals surface area contributed by atoms with E-state index in [-0.39, 0.29) is 6.42 Å². The summed E-state index contributed by atoms with van der Waals surface area (Å²) < 4.78 is 0. The average Bonchev–Trinajstić information content (AvgIpc) is 2.57. The molecule has 0 atom stereocenters. The topological polar surface area (TPSA) is 74.6 Å². The van der Waals surface area contributed by atoms with Crippen LogP contribution >= 0.6 is 0 Å². The van der Waals surface area contributed by atoms with Crippen molar-refractivity contribution < 1.29 is 19.8 Å². The van der Waals surface area contributed by atoms with Crippen LogP contribution in [0.4, 0.5) is 0 Å². The highest BCUT2D eigenvalue weighted by molar-refractivity contribution is 5.92. The van der Waals surface area contributed by atoms with Gasteiger partial charge in [-0.15, -0.1) is 0 Å². The van der Waals surface area contributed by atoms with E-state index in [2.05, 4.69) is 37.3 Å². The van der Waals surface area contributed by atoms with E-state index in [1.807, 2.05) is 18.2 Å². The quantitative estimate of drug-likeness (QED) is 0.232. The molecular weight excluding hydrogens is 316 g/mol. The molecule has 2 N–H and O–H groups in total. The van der Waals surface area contributed by atoms with E-state index in [9.17, 15) is 9.59 Å². The van der Waals surface area contributed by atoms with Gasteiger partial charge in [0.15, 0.2) is 5.92 Å². The molecule has 0 rings (SSSR count). The monoisotopic (exact) mass is 348 g/mol. The van der Waals surface area contributed by atoms with Crippen LogP contribution in [0.5, 0.6) is 0 Å². The maximum atomic E-state index is 10.7. The molecule has 140 valence electrons. The molecule has 25 heavy (non-hydrogen) atoms. The zero-order valence-corrected chi connectivity index (χ0v) is 15.3. The maximum absolute atomic E-state index is 10.7. The van der Waals surface area contributed by atoms with Crippen LogP contribution < -0.4 is 0 Å². The summed E-state index contributed by atoms with van der Waals surface area (Å²) in [5.41, 5.74) is 0. The highest BCUT2D eigenvalue weighted by Crippen LogP contribution is 2.08. The summed E-state index contributed by atoms with van der Waals surface area (Å²) >= 11 is 0. The predicted octanol–water partition coefficient (Wildman–Crippen LogP) is 5.53. The van der Waals surface area contributed by atoms with Crippen molar-refractivity contribution in [2.45, 2.75) is 64.7 Å². The largest absolute Gasteiger partial charge is 0.481 e. The first-order valence-electron chi connectivity index (χ1n) is 9.15. The van der Waals surface area contributed by atoms with Crippen molar-refractivity contribution in [3.05, 3.63) is 48.6 Å². The van der Waals surface area contributed by atoms with Crippen LogP contribution in [-0.4, -0.2) is 22.2 Å². The first-order chi connectivity index (χ1) is 12.1. The van der Waals surface area contributed by atoms with Crippen LogP contribution in [0, 0.1) is 5.92 Å². The lowest BCUT2D eigenvalue weighted by Gasteiger charge is -2.03. The molecule has 0 heterocycles. The second-order valence-corrected chi connectivity index (χ2v) is 5.89. The van der Waals surface area contributed by atoms with Crippen LogP contribution in [0.25, 0.3) is 0 Å². The Balaban J connectivity index is 3.67. The van der Waals surface area contributed by atoms with Gasteiger partial charge >= 0.3 is 11.9 Å². The number of hydrogen-bond donors (Lipinski definition) is 2. The van der Waals surface area contributed by atoms with Crippen molar-refractivity contribution in [2.75, 3.05) is 0 Å². The molecule has 0 bridgehead atoms. The molecule has 4 heteroatoms. The van der Waals surface area contributed by atoms with Gasteiger partial charge < -0.3 is 10.2 Å². The molecule has 0 fully saturated rings. The lowest BCUT2D eigenvalue weighted by Crippen LogP contribution is -2.22. The van der Waals surface area contributed by atoms with Crippen LogP contribution in [-0.2, 0) is 9.59 Å². The molecule has 0 saturated carbocycles. The summed E-state index contributed by atoms with van der Waals surface area (Å²) in [5.74, 6) is -3.86. The molecule has 0 saturated heterocycles. The van der Waals surface area contributed by atoms with Crippen LogP contribution in [0.1, 0.15) is 64.7 Å². The normalized spacial score (nSPS) is 12.4. The van der Waals surface area contributed by atoms with Crippen molar-refractivity contribution in [3.63, 3.8) is 0 Å². The van der Waals surface area contributed by atoms with E-state index in [1.165, 1.54) is 25.7 Å². The molecule has 0 aromatic rings. The Bertz CT molecular complexity index is 458. The molecule has 0 aliphatic rings. The summed E-state index contributed by atoms with van der Waals surface area (Å²) in [6.45, 7) is 2.21. The Morgan fingerprint density at radius 3 is 1.60 bits per heavy atom. The van der Waals surface area contributed by atoms with Gasteiger partial charge in [0.1, 0.15) is 0 Å². The summed E-state index contributed by atoms with van der Waals surface area (Å²) in [4.78, 5) is 21.4. The molecule has 0 radical (unpaired) electrons. The molecule has 0 aromatic carbocycles. The van der Waals surface area contributed by atoms with E-state index in [0.29, 0.717) is 6.42 Å². The number of carboxylic acids is 2. The van der Waals surface area contributed by atoms with Crippen molar-refractivity contribution in [3.8, 4) is 0 Å². The fourth-order valence-corrected chi connectivity index (χ4v) is 2.18. The molecule has 0 aromatic heterocycles. The third kappa shape index (κ3) is 15.2. The summed E-state index contributed by atoms with van der Waals surface area (Å²) in [6.07, 6.45) is 24.9. The zero-order chi connectivity index (χ0) is 18.8. The van der Waals surface area contributed by atoms with Gasteiger partial charge in [-0.05, 0) is 44.9 Å². The number of allylic oxidation sites excluding steroid dienone is 8. The highest BCUT2D eigenvalue weighted by Gasteiger charge is 2.24. The average molecular weight is 348 g/mol. The summed E-state index contributed by atoms with van der Waals surface area (Å²) in [5, 5.41) is 17.5. The smallest absolute Gasteiger partial charge is 0.317 e. The van der Waals surface area contributed by atoms with Crippen molar-refractivity contribution in [1.82, 2.24) is 0 Å². The zero-order valence-electron chi connectivity index (χ0n) is 15.3. The standard InChI is InChI=1S/C21H32O4/c1-2-3-4-5-6-7-8-9-10-11-12-13-14-15-16-17-18-19(20(22)23)21(24)25/h6-7,9-10,12-13,15-16,19H,2-5,8,11,14,17-18H2,1H3,(H,22,23)(H,24,25)/b7-6-,10-9-,13-12-,16-15-. The molecule has 0 aliphatic heterocycles. The van der Waals surface area contributed by atoms with Crippen LogP contribution in [0.2, 0.25) is 0 Å². The minimum Gasteiger partial charge on any atom is -0.481 e.